The lowest BCUT2D eigenvalue weighted by Gasteiger charge is -2.26. The molecule has 0 spiro atoms. The van der Waals surface area contributed by atoms with Crippen molar-refractivity contribution in [3.63, 3.8) is 0 Å². The second-order valence-electron chi connectivity index (χ2n) is 11.6. The van der Waals surface area contributed by atoms with Crippen LogP contribution in [0.2, 0.25) is 0 Å². The summed E-state index contributed by atoms with van der Waals surface area (Å²) in [5.41, 5.74) is 19.2. The van der Waals surface area contributed by atoms with E-state index in [1.807, 2.05) is 38.1 Å². The van der Waals surface area contributed by atoms with Crippen LogP contribution in [0.15, 0.2) is 59.7 Å². The molecule has 46 heavy (non-hydrogen) atoms. The zero-order valence-corrected chi connectivity index (χ0v) is 26.0. The quantitative estimate of drug-likeness (QED) is 0.0571. The fourth-order valence-corrected chi connectivity index (χ4v) is 5.00. The maximum Gasteiger partial charge on any atom is 0.326 e. The van der Waals surface area contributed by atoms with Gasteiger partial charge in [-0.05, 0) is 60.9 Å². The number of phenolic OH excluding ortho intramolecular Hbond substituents is 1. The molecule has 4 unspecified atom stereocenters. The summed E-state index contributed by atoms with van der Waals surface area (Å²) < 4.78 is 0. The normalized spacial score (nSPS) is 13.7. The first kappa shape index (κ1) is 35.4. The molecule has 1 heterocycles. The summed E-state index contributed by atoms with van der Waals surface area (Å²) >= 11 is 0. The number of phenols is 1. The number of nitrogens with one attached hydrogen (secondary N) is 4. The molecule has 14 nitrogen and oxygen atoms in total. The third-order valence-corrected chi connectivity index (χ3v) is 7.36. The number of carboxylic acids is 1. The number of aromatic amines is 1. The Morgan fingerprint density at radius 3 is 2.15 bits per heavy atom. The summed E-state index contributed by atoms with van der Waals surface area (Å²) in [5.74, 6) is -3.19. The van der Waals surface area contributed by atoms with Crippen LogP contribution in [0.1, 0.15) is 44.2 Å². The van der Waals surface area contributed by atoms with Gasteiger partial charge in [0.1, 0.15) is 23.9 Å². The summed E-state index contributed by atoms with van der Waals surface area (Å²) in [5, 5.41) is 28.1. The predicted molar refractivity (Wildman–Crippen MR) is 175 cm³/mol. The number of carboxylic acid groups (broad SMARTS) is 1. The first-order chi connectivity index (χ1) is 21.8. The Morgan fingerprint density at radius 2 is 1.50 bits per heavy atom. The van der Waals surface area contributed by atoms with Crippen molar-refractivity contribution in [2.45, 2.75) is 70.1 Å². The molecule has 0 saturated carbocycles. The van der Waals surface area contributed by atoms with E-state index < -0.39 is 47.9 Å². The number of amides is 3. The van der Waals surface area contributed by atoms with Gasteiger partial charge in [-0.25, -0.2) is 4.79 Å². The second-order valence-corrected chi connectivity index (χ2v) is 11.6. The average Bonchev–Trinajstić information content (AvgIpc) is 3.41. The number of nitrogens with two attached hydrogens (primary N) is 3. The summed E-state index contributed by atoms with van der Waals surface area (Å²) in [7, 11) is 0. The molecule has 4 atom stereocenters. The van der Waals surface area contributed by atoms with Crippen LogP contribution >= 0.6 is 0 Å². The minimum Gasteiger partial charge on any atom is -0.508 e. The minimum atomic E-state index is -1.24. The molecule has 3 aromatic rings. The molecule has 3 amide bonds. The molecule has 3 rings (SSSR count). The fourth-order valence-electron chi connectivity index (χ4n) is 5.00. The van der Waals surface area contributed by atoms with Gasteiger partial charge >= 0.3 is 5.97 Å². The van der Waals surface area contributed by atoms with Gasteiger partial charge in [0.05, 0.1) is 6.04 Å². The maximum absolute atomic E-state index is 13.8. The number of para-hydroxylation sites is 1. The number of carbonyl (C=O) groups excluding carboxylic acids is 3. The largest absolute Gasteiger partial charge is 0.508 e. The molecule has 0 bridgehead atoms. The number of nitrogens with zero attached hydrogens (tertiary/aromatic N) is 1. The van der Waals surface area contributed by atoms with Gasteiger partial charge in [-0.15, -0.1) is 0 Å². The third kappa shape index (κ3) is 10.8. The molecule has 0 aliphatic heterocycles. The van der Waals surface area contributed by atoms with Crippen LogP contribution in [-0.2, 0) is 32.0 Å². The predicted octanol–water partition coefficient (Wildman–Crippen LogP) is 0.625. The van der Waals surface area contributed by atoms with Crippen LogP contribution in [0.25, 0.3) is 10.9 Å². The number of hydrogen-bond acceptors (Lipinski definition) is 7. The lowest BCUT2D eigenvalue weighted by Crippen LogP contribution is -2.58. The van der Waals surface area contributed by atoms with Crippen LogP contribution in [0.4, 0.5) is 0 Å². The van der Waals surface area contributed by atoms with Gasteiger partial charge in [-0.3, -0.25) is 19.4 Å². The lowest BCUT2D eigenvalue weighted by atomic mass is 9.99. The zero-order valence-electron chi connectivity index (χ0n) is 26.0. The van der Waals surface area contributed by atoms with Crippen LogP contribution in [0.5, 0.6) is 5.75 Å². The first-order valence-corrected chi connectivity index (χ1v) is 15.1. The number of hydrogen-bond donors (Lipinski definition) is 9. The molecule has 0 saturated heterocycles. The van der Waals surface area contributed by atoms with Gasteiger partial charge in [-0.1, -0.05) is 44.2 Å². The van der Waals surface area contributed by atoms with Crippen molar-refractivity contribution >= 4 is 40.6 Å². The highest BCUT2D eigenvalue weighted by Crippen LogP contribution is 2.20. The van der Waals surface area contributed by atoms with Crippen molar-refractivity contribution in [1.82, 2.24) is 20.9 Å². The van der Waals surface area contributed by atoms with Gasteiger partial charge in [0, 0.05) is 30.1 Å². The van der Waals surface area contributed by atoms with Crippen LogP contribution in [0, 0.1) is 5.92 Å². The summed E-state index contributed by atoms with van der Waals surface area (Å²) in [6, 6.07) is 9.37. The van der Waals surface area contributed by atoms with E-state index in [1.165, 1.54) is 12.1 Å². The molecule has 1 aromatic heterocycles. The fraction of sp³-hybridized carbons (Fsp3) is 0.406. The zero-order chi connectivity index (χ0) is 33.8. The van der Waals surface area contributed by atoms with E-state index in [0.29, 0.717) is 6.42 Å². The molecule has 12 N–H and O–H groups in total. The molecular formula is C32H44N8O6. The molecule has 0 aliphatic carbocycles. The Labute approximate surface area is 267 Å². The van der Waals surface area contributed by atoms with Crippen molar-refractivity contribution in [2.24, 2.45) is 28.1 Å². The van der Waals surface area contributed by atoms with E-state index in [4.69, 9.17) is 17.2 Å². The smallest absolute Gasteiger partial charge is 0.326 e. The van der Waals surface area contributed by atoms with E-state index in [0.717, 1.165) is 22.0 Å². The Bertz CT molecular complexity index is 1520. The number of aliphatic imine (C=N–C) groups is 1. The number of aliphatic carboxylic acids is 1. The number of guanidine groups is 1. The van der Waals surface area contributed by atoms with E-state index in [2.05, 4.69) is 25.9 Å². The van der Waals surface area contributed by atoms with Crippen molar-refractivity contribution in [2.75, 3.05) is 6.54 Å². The Morgan fingerprint density at radius 1 is 0.870 bits per heavy atom. The number of carbonyl (C=O) groups is 4. The Balaban J connectivity index is 1.80. The van der Waals surface area contributed by atoms with Gasteiger partial charge < -0.3 is 48.3 Å². The summed E-state index contributed by atoms with van der Waals surface area (Å²) in [6.45, 7) is 3.92. The number of fused-ring (bicyclic) bond motifs is 1. The standard InChI is InChI=1S/C32H44N8O6/c1-18(2)14-26(29(43)38-25(31(45)46)8-5-13-36-32(34)35)40-30(44)27(16-20-17-37-24-7-4-3-6-22(20)24)39-28(42)23(33)15-19-9-11-21(41)12-10-19/h3-4,6-7,9-12,17-18,23,25-27,37,41H,5,8,13-16,33H2,1-2H3,(H,38,43)(H,39,42)(H,40,44)(H,45,46)(H4,34,35,36). The van der Waals surface area contributed by atoms with Crippen molar-refractivity contribution in [3.8, 4) is 5.75 Å². The minimum absolute atomic E-state index is 0.0402. The Hall–Kier alpha value is -5.11. The Kier molecular flexibility index (Phi) is 12.9. The van der Waals surface area contributed by atoms with Gasteiger partial charge in [0.2, 0.25) is 17.7 Å². The van der Waals surface area contributed by atoms with E-state index in [-0.39, 0.29) is 49.9 Å². The van der Waals surface area contributed by atoms with Crippen molar-refractivity contribution in [3.05, 3.63) is 65.9 Å². The molecular weight excluding hydrogens is 592 g/mol. The summed E-state index contributed by atoms with van der Waals surface area (Å²) in [6.07, 6.45) is 2.59. The van der Waals surface area contributed by atoms with Crippen LogP contribution in [0.3, 0.4) is 0 Å². The van der Waals surface area contributed by atoms with E-state index in [9.17, 15) is 29.4 Å². The summed E-state index contributed by atoms with van der Waals surface area (Å²) in [4.78, 5) is 59.3. The molecule has 2 aromatic carbocycles. The lowest BCUT2D eigenvalue weighted by molar-refractivity contribution is -0.142. The molecule has 248 valence electrons. The van der Waals surface area contributed by atoms with Gasteiger partial charge in [0.15, 0.2) is 5.96 Å². The average molecular weight is 637 g/mol. The highest BCUT2D eigenvalue weighted by Gasteiger charge is 2.31. The third-order valence-electron chi connectivity index (χ3n) is 7.36. The number of H-pyrrole nitrogens is 1. The number of benzene rings is 2. The molecule has 0 fully saturated rings. The second kappa shape index (κ2) is 16.8. The van der Waals surface area contributed by atoms with Gasteiger partial charge in [0.25, 0.3) is 0 Å². The highest BCUT2D eigenvalue weighted by molar-refractivity contribution is 5.95. The maximum atomic E-state index is 13.8. The first-order valence-electron chi connectivity index (χ1n) is 15.1. The number of rotatable bonds is 17. The van der Waals surface area contributed by atoms with Crippen LogP contribution < -0.4 is 33.2 Å². The molecule has 14 heteroatoms. The van der Waals surface area contributed by atoms with Crippen LogP contribution in [-0.4, -0.2) is 75.6 Å². The monoisotopic (exact) mass is 636 g/mol. The van der Waals surface area contributed by atoms with Gasteiger partial charge in [-0.2, -0.15) is 0 Å². The van der Waals surface area contributed by atoms with Crippen molar-refractivity contribution < 1.29 is 29.4 Å². The SMILES string of the molecule is CC(C)CC(NC(=O)C(Cc1c[nH]c2ccccc12)NC(=O)C(N)Cc1ccc(O)cc1)C(=O)NC(CCCN=C(N)N)C(=O)O. The molecule has 0 radical (unpaired) electrons. The number of aromatic nitrogens is 1. The van der Waals surface area contributed by atoms with E-state index in [1.54, 1.807) is 18.3 Å². The highest BCUT2D eigenvalue weighted by atomic mass is 16.4. The molecule has 0 aliphatic rings. The van der Waals surface area contributed by atoms with Crippen molar-refractivity contribution in [1.29, 1.82) is 0 Å². The topological polar surface area (TPSA) is 251 Å². The van der Waals surface area contributed by atoms with E-state index >= 15 is 0 Å². The number of aromatic hydroxyl groups is 1.